The summed E-state index contributed by atoms with van der Waals surface area (Å²) < 4.78 is 10.7. The lowest BCUT2D eigenvalue weighted by Gasteiger charge is -2.35. The monoisotopic (exact) mass is 346 g/mol. The van der Waals surface area contributed by atoms with Gasteiger partial charge in [0, 0.05) is 30.6 Å². The lowest BCUT2D eigenvalue weighted by atomic mass is 10.0. The van der Waals surface area contributed by atoms with Crippen molar-refractivity contribution in [3.8, 4) is 5.75 Å². The molecule has 0 radical (unpaired) electrons. The number of amides is 1. The maximum Gasteiger partial charge on any atom is 0.252 e. The second-order valence-corrected chi connectivity index (χ2v) is 6.44. The van der Waals surface area contributed by atoms with Crippen molar-refractivity contribution in [1.82, 2.24) is 10.2 Å². The molecular weight excluding hydrogens is 324 g/mol. The molecule has 5 nitrogen and oxygen atoms in total. The zero-order valence-corrected chi connectivity index (χ0v) is 14.6. The maximum atomic E-state index is 12.3. The minimum Gasteiger partial charge on any atom is -0.497 e. The summed E-state index contributed by atoms with van der Waals surface area (Å²) in [6, 6.07) is 10.0. The van der Waals surface area contributed by atoms with Gasteiger partial charge in [0.05, 0.1) is 26.4 Å². The number of rotatable bonds is 6. The molecule has 1 fully saturated rings. The zero-order chi connectivity index (χ0) is 16.8. The lowest BCUT2D eigenvalue weighted by Crippen LogP contribution is -2.43. The van der Waals surface area contributed by atoms with Gasteiger partial charge in [-0.1, -0.05) is 12.1 Å². The van der Waals surface area contributed by atoms with Gasteiger partial charge in [-0.3, -0.25) is 9.69 Å². The number of methoxy groups -OCH3 is 1. The Balaban J connectivity index is 1.72. The largest absolute Gasteiger partial charge is 0.497 e. The van der Waals surface area contributed by atoms with E-state index in [9.17, 15) is 4.79 Å². The predicted molar refractivity (Wildman–Crippen MR) is 94.8 cm³/mol. The molecule has 6 heteroatoms. The van der Waals surface area contributed by atoms with Gasteiger partial charge in [0.2, 0.25) is 0 Å². The van der Waals surface area contributed by atoms with E-state index in [1.54, 1.807) is 7.11 Å². The quantitative estimate of drug-likeness (QED) is 0.873. The number of ether oxygens (including phenoxy) is 2. The molecule has 128 valence electrons. The fraction of sp³-hybridized carbons (Fsp3) is 0.389. The van der Waals surface area contributed by atoms with Crippen LogP contribution in [-0.2, 0) is 4.74 Å². The summed E-state index contributed by atoms with van der Waals surface area (Å²) in [6.07, 6.45) is 0. The van der Waals surface area contributed by atoms with E-state index in [0.717, 1.165) is 37.6 Å². The van der Waals surface area contributed by atoms with Gasteiger partial charge in [-0.05, 0) is 29.1 Å². The van der Waals surface area contributed by atoms with Crippen molar-refractivity contribution >= 4 is 17.2 Å². The Morgan fingerprint density at radius 3 is 2.67 bits per heavy atom. The summed E-state index contributed by atoms with van der Waals surface area (Å²) in [4.78, 5) is 14.6. The molecule has 24 heavy (non-hydrogen) atoms. The summed E-state index contributed by atoms with van der Waals surface area (Å²) >= 11 is 1.53. The van der Waals surface area contributed by atoms with E-state index in [0.29, 0.717) is 6.54 Å². The lowest BCUT2D eigenvalue weighted by molar-refractivity contribution is 0.0162. The van der Waals surface area contributed by atoms with E-state index in [1.165, 1.54) is 16.9 Å². The topological polar surface area (TPSA) is 50.8 Å². The zero-order valence-electron chi connectivity index (χ0n) is 13.7. The Morgan fingerprint density at radius 2 is 2.04 bits per heavy atom. The number of carbonyl (C=O) groups is 1. The maximum absolute atomic E-state index is 12.3. The second-order valence-electron chi connectivity index (χ2n) is 5.66. The van der Waals surface area contributed by atoms with Crippen molar-refractivity contribution in [2.45, 2.75) is 6.04 Å². The van der Waals surface area contributed by atoms with Crippen molar-refractivity contribution in [2.75, 3.05) is 40.0 Å². The molecule has 1 saturated heterocycles. The van der Waals surface area contributed by atoms with Crippen molar-refractivity contribution in [3.05, 3.63) is 52.2 Å². The first kappa shape index (κ1) is 17.0. The highest BCUT2D eigenvalue weighted by Crippen LogP contribution is 2.23. The number of benzene rings is 1. The second kappa shape index (κ2) is 8.28. The molecule has 1 atom stereocenters. The van der Waals surface area contributed by atoms with Crippen LogP contribution in [0.2, 0.25) is 0 Å². The summed E-state index contributed by atoms with van der Waals surface area (Å²) in [5.41, 5.74) is 1.89. The van der Waals surface area contributed by atoms with Crippen LogP contribution in [0.1, 0.15) is 22.0 Å². The number of hydrogen-bond donors (Lipinski definition) is 1. The van der Waals surface area contributed by atoms with Gasteiger partial charge in [0.25, 0.3) is 5.91 Å². The SMILES string of the molecule is COc1ccc(C(CNC(=O)c2ccsc2)N2CCOCC2)cc1. The molecule has 0 aliphatic carbocycles. The van der Waals surface area contributed by atoms with Crippen molar-refractivity contribution in [2.24, 2.45) is 0 Å². The van der Waals surface area contributed by atoms with Crippen LogP contribution in [0.5, 0.6) is 5.75 Å². The first-order chi connectivity index (χ1) is 11.8. The molecule has 1 aromatic heterocycles. The van der Waals surface area contributed by atoms with Gasteiger partial charge < -0.3 is 14.8 Å². The highest BCUT2D eigenvalue weighted by molar-refractivity contribution is 7.08. The Kier molecular flexibility index (Phi) is 5.85. The normalized spacial score (nSPS) is 16.5. The molecule has 0 saturated carbocycles. The summed E-state index contributed by atoms with van der Waals surface area (Å²) in [5, 5.41) is 6.85. The molecule has 1 amide bonds. The first-order valence-electron chi connectivity index (χ1n) is 8.04. The molecular formula is C18H22N2O3S. The van der Waals surface area contributed by atoms with Crippen molar-refractivity contribution in [1.29, 1.82) is 0 Å². The molecule has 0 spiro atoms. The van der Waals surface area contributed by atoms with Crippen LogP contribution in [0.4, 0.5) is 0 Å². The highest BCUT2D eigenvalue weighted by Gasteiger charge is 2.23. The Morgan fingerprint density at radius 1 is 1.29 bits per heavy atom. The van der Waals surface area contributed by atoms with Crippen LogP contribution in [0.3, 0.4) is 0 Å². The number of hydrogen-bond acceptors (Lipinski definition) is 5. The third-order valence-electron chi connectivity index (χ3n) is 4.23. The number of nitrogens with zero attached hydrogens (tertiary/aromatic N) is 1. The third-order valence-corrected chi connectivity index (χ3v) is 4.91. The summed E-state index contributed by atoms with van der Waals surface area (Å²) in [7, 11) is 1.66. The van der Waals surface area contributed by atoms with Crippen molar-refractivity contribution in [3.63, 3.8) is 0 Å². The van der Waals surface area contributed by atoms with E-state index in [4.69, 9.17) is 9.47 Å². The van der Waals surface area contributed by atoms with Crippen LogP contribution in [0.15, 0.2) is 41.1 Å². The van der Waals surface area contributed by atoms with Crippen LogP contribution in [0.25, 0.3) is 0 Å². The van der Waals surface area contributed by atoms with Gasteiger partial charge in [-0.2, -0.15) is 11.3 Å². The Hall–Kier alpha value is -1.89. The van der Waals surface area contributed by atoms with Crippen LogP contribution in [0, 0.1) is 0 Å². The number of nitrogens with one attached hydrogen (secondary N) is 1. The van der Waals surface area contributed by atoms with E-state index in [1.807, 2.05) is 29.0 Å². The summed E-state index contributed by atoms with van der Waals surface area (Å²) in [6.45, 7) is 3.76. The van der Waals surface area contributed by atoms with Gasteiger partial charge in [-0.15, -0.1) is 0 Å². The minimum atomic E-state index is -0.0250. The van der Waals surface area contributed by atoms with E-state index < -0.39 is 0 Å². The number of carbonyl (C=O) groups excluding carboxylic acids is 1. The average Bonchev–Trinajstić information content (AvgIpc) is 3.18. The molecule has 0 bridgehead atoms. The molecule has 1 aromatic carbocycles. The van der Waals surface area contributed by atoms with Gasteiger partial charge in [0.15, 0.2) is 0 Å². The number of morpholine rings is 1. The molecule has 1 unspecified atom stereocenters. The van der Waals surface area contributed by atoms with Crippen LogP contribution < -0.4 is 10.1 Å². The van der Waals surface area contributed by atoms with Crippen LogP contribution in [-0.4, -0.2) is 50.8 Å². The molecule has 1 N–H and O–H groups in total. The highest BCUT2D eigenvalue weighted by atomic mass is 32.1. The first-order valence-corrected chi connectivity index (χ1v) is 8.98. The van der Waals surface area contributed by atoms with E-state index in [2.05, 4.69) is 22.3 Å². The summed E-state index contributed by atoms with van der Waals surface area (Å²) in [5.74, 6) is 0.810. The van der Waals surface area contributed by atoms with E-state index in [-0.39, 0.29) is 11.9 Å². The molecule has 2 aromatic rings. The third kappa shape index (κ3) is 4.14. The van der Waals surface area contributed by atoms with Crippen molar-refractivity contribution < 1.29 is 14.3 Å². The van der Waals surface area contributed by atoms with Crippen LogP contribution >= 0.6 is 11.3 Å². The predicted octanol–water partition coefficient (Wildman–Crippen LogP) is 2.56. The van der Waals surface area contributed by atoms with Gasteiger partial charge in [-0.25, -0.2) is 0 Å². The number of thiophene rings is 1. The van der Waals surface area contributed by atoms with Gasteiger partial charge in [0.1, 0.15) is 5.75 Å². The molecule has 1 aliphatic heterocycles. The van der Waals surface area contributed by atoms with E-state index >= 15 is 0 Å². The smallest absolute Gasteiger partial charge is 0.252 e. The minimum absolute atomic E-state index is 0.0250. The molecule has 1 aliphatic rings. The Labute approximate surface area is 146 Å². The molecule has 3 rings (SSSR count). The fourth-order valence-electron chi connectivity index (χ4n) is 2.86. The molecule has 2 heterocycles. The standard InChI is InChI=1S/C18H22N2O3S/c1-22-16-4-2-14(3-5-16)17(20-7-9-23-10-8-20)12-19-18(21)15-6-11-24-13-15/h2-6,11,13,17H,7-10,12H2,1H3,(H,19,21). The Bertz CT molecular complexity index is 637. The van der Waals surface area contributed by atoms with Gasteiger partial charge >= 0.3 is 0 Å². The fourth-order valence-corrected chi connectivity index (χ4v) is 3.49. The average molecular weight is 346 g/mol.